The van der Waals surface area contributed by atoms with E-state index in [2.05, 4.69) is 223 Å². The molecule has 8 aromatic rings. The van der Waals surface area contributed by atoms with Crippen LogP contribution in [-0.4, -0.2) is 4.57 Å². The third kappa shape index (κ3) is 9.57. The zero-order chi connectivity index (χ0) is 42.6. The van der Waals surface area contributed by atoms with Crippen LogP contribution in [0, 0.1) is 0 Å². The number of aromatic nitrogens is 1. The number of rotatable bonds is 5. The van der Waals surface area contributed by atoms with Crippen molar-refractivity contribution in [2.75, 3.05) is 0 Å². The van der Waals surface area contributed by atoms with E-state index in [1.54, 1.807) is 0 Å². The Morgan fingerprint density at radius 2 is 0.984 bits per heavy atom. The minimum Gasteiger partial charge on any atom is -0.362 e. The molecule has 0 aliphatic carbocycles. The van der Waals surface area contributed by atoms with E-state index in [4.69, 9.17) is 0 Å². The molecule has 2 heteroatoms. The van der Waals surface area contributed by atoms with E-state index in [0.29, 0.717) is 0 Å². The standard InChI is InChI=1S/C61H48N2/c1-46-24-12-8-20-32-51-41-53(36-35-52(51)40-50(47-25-14-9-15-26-47)31-13-6-4-2-3-5-7-23-39-62-46)54-37-38-61-59(45-54)58-33-21-22-34-60(58)63(61)57-43-55(48-27-16-10-17-28-48)42-56(44-57)49-29-18-11-19-30-49/h2-31,33-45,62H,1,32H2/b3-2-,6-4+,7-5-,20-8-,24-12-,31-13+,39-23+,50-40+. The van der Waals surface area contributed by atoms with Gasteiger partial charge in [-0.1, -0.05) is 207 Å². The van der Waals surface area contributed by atoms with Crippen LogP contribution in [0.3, 0.4) is 0 Å². The number of allylic oxidation sites excluding steroid dienone is 14. The second kappa shape index (κ2) is 19.5. The van der Waals surface area contributed by atoms with Crippen molar-refractivity contribution < 1.29 is 0 Å². The maximum atomic E-state index is 4.14. The monoisotopic (exact) mass is 808 g/mol. The third-order valence-electron chi connectivity index (χ3n) is 11.3. The molecule has 1 aliphatic heterocycles. The largest absolute Gasteiger partial charge is 0.362 e. The average Bonchev–Trinajstić information content (AvgIpc) is 3.67. The van der Waals surface area contributed by atoms with Gasteiger partial charge in [0.25, 0.3) is 0 Å². The fourth-order valence-electron chi connectivity index (χ4n) is 8.14. The van der Waals surface area contributed by atoms with Gasteiger partial charge in [-0.3, -0.25) is 0 Å². The van der Waals surface area contributed by atoms with Gasteiger partial charge in [-0.15, -0.1) is 0 Å². The fraction of sp³-hybridized carbons (Fsp3) is 0.0164. The van der Waals surface area contributed by atoms with Gasteiger partial charge in [0.05, 0.1) is 11.0 Å². The van der Waals surface area contributed by atoms with E-state index in [-0.39, 0.29) is 0 Å². The topological polar surface area (TPSA) is 17.0 Å². The lowest BCUT2D eigenvalue weighted by molar-refractivity contribution is 1.12. The van der Waals surface area contributed by atoms with Crippen LogP contribution in [0.5, 0.6) is 0 Å². The van der Waals surface area contributed by atoms with Gasteiger partial charge >= 0.3 is 0 Å². The molecule has 0 atom stereocenters. The first-order valence-electron chi connectivity index (χ1n) is 21.5. The van der Waals surface area contributed by atoms with Crippen molar-refractivity contribution in [3.05, 3.63) is 284 Å². The number of hydrogen-bond donors (Lipinski definition) is 1. The van der Waals surface area contributed by atoms with Gasteiger partial charge in [0.15, 0.2) is 0 Å². The first-order valence-corrected chi connectivity index (χ1v) is 21.5. The van der Waals surface area contributed by atoms with Gasteiger partial charge < -0.3 is 9.88 Å². The van der Waals surface area contributed by atoms with Crippen molar-refractivity contribution in [2.24, 2.45) is 0 Å². The van der Waals surface area contributed by atoms with Crippen molar-refractivity contribution in [1.82, 2.24) is 9.88 Å². The third-order valence-corrected chi connectivity index (χ3v) is 11.3. The average molecular weight is 809 g/mol. The molecule has 0 amide bonds. The SMILES string of the molecule is C=C1/C=C\C=C/Cc2cc(-c3ccc4c(c3)c3ccccc3n4-c3cc(-c4ccccc4)cc(-c4ccccc4)c3)ccc2\C=C(c2ccccc2)/C=C/C=C/C=C\C=C/C=C/N1. The first kappa shape index (κ1) is 40.2. The molecule has 0 bridgehead atoms. The molecule has 63 heavy (non-hydrogen) atoms. The quantitative estimate of drug-likeness (QED) is 0.183. The van der Waals surface area contributed by atoms with Gasteiger partial charge in [-0.05, 0) is 117 Å². The highest BCUT2D eigenvalue weighted by atomic mass is 15.0. The van der Waals surface area contributed by atoms with Crippen LogP contribution in [-0.2, 0) is 6.42 Å². The first-order chi connectivity index (χ1) is 31.2. The predicted molar refractivity (Wildman–Crippen MR) is 271 cm³/mol. The molecule has 0 spiro atoms. The van der Waals surface area contributed by atoms with Gasteiger partial charge in [-0.2, -0.15) is 0 Å². The Labute approximate surface area is 371 Å². The molecule has 9 rings (SSSR count). The van der Waals surface area contributed by atoms with Crippen LogP contribution in [0.2, 0.25) is 0 Å². The number of fused-ring (bicyclic) bond motifs is 4. The van der Waals surface area contributed by atoms with E-state index in [0.717, 1.165) is 28.9 Å². The van der Waals surface area contributed by atoms with E-state index < -0.39 is 0 Å². The minimum absolute atomic E-state index is 0.758. The number of benzene rings is 7. The van der Waals surface area contributed by atoms with Crippen molar-refractivity contribution in [1.29, 1.82) is 0 Å². The Morgan fingerprint density at radius 1 is 0.413 bits per heavy atom. The van der Waals surface area contributed by atoms with Gasteiger partial charge in [0.1, 0.15) is 0 Å². The Balaban J connectivity index is 1.15. The molecule has 2 heterocycles. The lowest BCUT2D eigenvalue weighted by atomic mass is 9.94. The molecule has 1 aliphatic rings. The summed E-state index contributed by atoms with van der Waals surface area (Å²) in [5, 5.41) is 5.67. The molecule has 2 nitrogen and oxygen atoms in total. The zero-order valence-corrected chi connectivity index (χ0v) is 35.2. The molecule has 0 saturated carbocycles. The predicted octanol–water partition coefficient (Wildman–Crippen LogP) is 15.8. The summed E-state index contributed by atoms with van der Waals surface area (Å²) in [6, 6.07) is 61.6. The highest BCUT2D eigenvalue weighted by Crippen LogP contribution is 2.38. The van der Waals surface area contributed by atoms with Crippen LogP contribution in [0.1, 0.15) is 16.7 Å². The number of nitrogens with one attached hydrogen (secondary N) is 1. The highest BCUT2D eigenvalue weighted by molar-refractivity contribution is 6.10. The molecule has 0 radical (unpaired) electrons. The van der Waals surface area contributed by atoms with Crippen molar-refractivity contribution >= 4 is 33.5 Å². The van der Waals surface area contributed by atoms with Gasteiger partial charge in [-0.25, -0.2) is 0 Å². The summed E-state index contributed by atoms with van der Waals surface area (Å²) in [6.07, 6.45) is 31.7. The van der Waals surface area contributed by atoms with Crippen LogP contribution in [0.15, 0.2) is 267 Å². The second-order valence-corrected chi connectivity index (χ2v) is 15.5. The maximum absolute atomic E-state index is 4.14. The van der Waals surface area contributed by atoms with Crippen LogP contribution < -0.4 is 5.32 Å². The summed E-state index contributed by atoms with van der Waals surface area (Å²) < 4.78 is 2.43. The molecule has 1 aromatic heterocycles. The number of hydrogen-bond acceptors (Lipinski definition) is 1. The van der Waals surface area contributed by atoms with Crippen LogP contribution in [0.25, 0.3) is 72.5 Å². The fourth-order valence-corrected chi connectivity index (χ4v) is 8.14. The van der Waals surface area contributed by atoms with E-state index in [1.165, 1.54) is 66.3 Å². The number of nitrogens with zero attached hydrogens (tertiary/aromatic N) is 1. The van der Waals surface area contributed by atoms with Gasteiger partial charge in [0, 0.05) is 28.4 Å². The maximum Gasteiger partial charge on any atom is 0.0541 e. The Kier molecular flexibility index (Phi) is 12.4. The Hall–Kier alpha value is -8.20. The van der Waals surface area contributed by atoms with Crippen molar-refractivity contribution in [2.45, 2.75) is 6.42 Å². The Bertz CT molecular complexity index is 3090. The molecule has 7 aromatic carbocycles. The Morgan fingerprint density at radius 3 is 1.70 bits per heavy atom. The van der Waals surface area contributed by atoms with E-state index in [1.807, 2.05) is 54.8 Å². The molecule has 0 saturated heterocycles. The molecule has 302 valence electrons. The summed E-state index contributed by atoms with van der Waals surface area (Å²) in [6.45, 7) is 4.14. The highest BCUT2D eigenvalue weighted by Gasteiger charge is 2.16. The summed E-state index contributed by atoms with van der Waals surface area (Å²) in [5.74, 6) is 0. The summed E-state index contributed by atoms with van der Waals surface area (Å²) >= 11 is 0. The van der Waals surface area contributed by atoms with E-state index in [9.17, 15) is 0 Å². The number of para-hydroxylation sites is 1. The molecular formula is C61H48N2. The summed E-state index contributed by atoms with van der Waals surface area (Å²) in [7, 11) is 0. The van der Waals surface area contributed by atoms with Crippen molar-refractivity contribution in [3.8, 4) is 39.1 Å². The van der Waals surface area contributed by atoms with Gasteiger partial charge in [0.2, 0.25) is 0 Å². The lowest BCUT2D eigenvalue weighted by Crippen LogP contribution is -1.99. The zero-order valence-electron chi connectivity index (χ0n) is 35.2. The summed E-state index contributed by atoms with van der Waals surface area (Å²) in [5.41, 5.74) is 16.1. The van der Waals surface area contributed by atoms with Crippen LogP contribution in [0.4, 0.5) is 0 Å². The van der Waals surface area contributed by atoms with Crippen LogP contribution >= 0.6 is 0 Å². The molecule has 0 unspecified atom stereocenters. The smallest absolute Gasteiger partial charge is 0.0541 e. The normalized spacial score (nSPS) is 17.8. The second-order valence-electron chi connectivity index (χ2n) is 15.5. The minimum atomic E-state index is 0.758. The van der Waals surface area contributed by atoms with E-state index >= 15 is 0 Å². The molecule has 0 fully saturated rings. The summed E-state index contributed by atoms with van der Waals surface area (Å²) in [4.78, 5) is 0. The molecule has 1 N–H and O–H groups in total. The van der Waals surface area contributed by atoms with Crippen molar-refractivity contribution in [3.63, 3.8) is 0 Å². The lowest BCUT2D eigenvalue weighted by Gasteiger charge is -2.14. The molecular weight excluding hydrogens is 761 g/mol.